The van der Waals surface area contributed by atoms with E-state index in [9.17, 15) is 9.18 Å². The van der Waals surface area contributed by atoms with E-state index in [1.54, 1.807) is 30.9 Å². The molecule has 0 saturated heterocycles. The van der Waals surface area contributed by atoms with Crippen molar-refractivity contribution in [1.82, 2.24) is 4.90 Å². The van der Waals surface area contributed by atoms with Crippen molar-refractivity contribution in [2.75, 3.05) is 12.4 Å². The van der Waals surface area contributed by atoms with Gasteiger partial charge in [-0.15, -0.1) is 0 Å². The van der Waals surface area contributed by atoms with Gasteiger partial charge in [-0.2, -0.15) is 0 Å². The Morgan fingerprint density at radius 2 is 1.79 bits per heavy atom. The first-order valence-electron chi connectivity index (χ1n) is 11.6. The lowest BCUT2D eigenvalue weighted by Gasteiger charge is -2.29. The van der Waals surface area contributed by atoms with Gasteiger partial charge >= 0.3 is 0 Å². The number of aldehydes is 1. The Morgan fingerprint density at radius 1 is 1.15 bits per heavy atom. The topological polar surface area (TPSA) is 82.2 Å². The quantitative estimate of drug-likeness (QED) is 0.102. The molecule has 2 aromatic carbocycles. The van der Waals surface area contributed by atoms with Crippen LogP contribution in [-0.4, -0.2) is 30.2 Å². The zero-order valence-corrected chi connectivity index (χ0v) is 20.6. The third kappa shape index (κ3) is 9.18. The van der Waals surface area contributed by atoms with Gasteiger partial charge in [-0.3, -0.25) is 10.2 Å². The molecule has 0 saturated carbocycles. The van der Waals surface area contributed by atoms with Gasteiger partial charge in [-0.1, -0.05) is 69.5 Å². The number of carbonyl (C=O) groups is 1. The highest BCUT2D eigenvalue weighted by Gasteiger charge is 2.19. The predicted octanol–water partition coefficient (Wildman–Crippen LogP) is 6.04. The zero-order valence-electron chi connectivity index (χ0n) is 20.6. The standard InChI is InChI=1S/C20H32N4O.C7H7F/c1-5-7-8-13-18(21)24(4)20(22)19(15(3)14-25)23-17-12-10-9-11-16(17)6-2;1-6-4-2-3-5-7(6)8/h9-12,14,18,22-23H,5-8,13,21H2,1-4H3;2-5H,1H3/b19-15-,22-20?;. The van der Waals surface area contributed by atoms with Gasteiger partial charge in [-0.05, 0) is 49.9 Å². The fraction of sp³-hybridized carbons (Fsp3) is 0.407. The first-order chi connectivity index (χ1) is 15.8. The molecule has 5 nitrogen and oxygen atoms in total. The van der Waals surface area contributed by atoms with E-state index in [1.165, 1.54) is 6.07 Å². The highest BCUT2D eigenvalue weighted by molar-refractivity contribution is 6.03. The molecule has 4 N–H and O–H groups in total. The Hall–Kier alpha value is -2.99. The number of hydrogen-bond donors (Lipinski definition) is 3. The second-order valence-corrected chi connectivity index (χ2v) is 8.08. The molecule has 0 bridgehead atoms. The maximum Gasteiger partial charge on any atom is 0.147 e. The van der Waals surface area contributed by atoms with Crippen LogP contribution in [0.3, 0.4) is 0 Å². The number of hydrogen-bond acceptors (Lipinski definition) is 4. The van der Waals surface area contributed by atoms with Gasteiger partial charge in [0.05, 0.1) is 11.9 Å². The number of halogens is 1. The molecule has 33 heavy (non-hydrogen) atoms. The molecule has 0 aromatic heterocycles. The molecular weight excluding hydrogens is 415 g/mol. The van der Waals surface area contributed by atoms with Crippen molar-refractivity contribution in [3.63, 3.8) is 0 Å². The Labute approximate surface area is 198 Å². The minimum absolute atomic E-state index is 0.132. The summed E-state index contributed by atoms with van der Waals surface area (Å²) in [5.41, 5.74) is 9.98. The number of rotatable bonds is 10. The molecule has 0 heterocycles. The molecule has 0 spiro atoms. The summed E-state index contributed by atoms with van der Waals surface area (Å²) in [6.07, 6.45) is 5.54. The van der Waals surface area contributed by atoms with Crippen molar-refractivity contribution in [1.29, 1.82) is 5.41 Å². The number of unbranched alkanes of at least 4 members (excludes halogenated alkanes) is 2. The van der Waals surface area contributed by atoms with E-state index in [0.717, 1.165) is 49.6 Å². The maximum atomic E-state index is 12.3. The van der Waals surface area contributed by atoms with Gasteiger partial charge in [0.15, 0.2) is 0 Å². The van der Waals surface area contributed by atoms with Crippen LogP contribution in [0.15, 0.2) is 59.8 Å². The van der Waals surface area contributed by atoms with E-state index >= 15 is 0 Å². The molecule has 2 rings (SSSR count). The minimum Gasteiger partial charge on any atom is -0.352 e. The third-order valence-corrected chi connectivity index (χ3v) is 5.50. The van der Waals surface area contributed by atoms with E-state index in [0.29, 0.717) is 16.8 Å². The summed E-state index contributed by atoms with van der Waals surface area (Å²) < 4.78 is 12.3. The Kier molecular flexibility index (Phi) is 12.7. The van der Waals surface area contributed by atoms with Crippen LogP contribution in [0.2, 0.25) is 0 Å². The first-order valence-corrected chi connectivity index (χ1v) is 11.6. The zero-order chi connectivity index (χ0) is 24.8. The van der Waals surface area contributed by atoms with Gasteiger partial charge in [0.25, 0.3) is 0 Å². The molecule has 2 aromatic rings. The molecular formula is C27H39FN4O. The summed E-state index contributed by atoms with van der Waals surface area (Å²) in [4.78, 5) is 13.1. The molecule has 0 aliphatic rings. The van der Waals surface area contributed by atoms with Crippen LogP contribution in [0.1, 0.15) is 57.6 Å². The number of allylic oxidation sites excluding steroid dienone is 1. The van der Waals surface area contributed by atoms with Crippen LogP contribution in [0.5, 0.6) is 0 Å². The second-order valence-electron chi connectivity index (χ2n) is 8.08. The Morgan fingerprint density at radius 3 is 2.33 bits per heavy atom. The Balaban J connectivity index is 0.000000568. The lowest BCUT2D eigenvalue weighted by molar-refractivity contribution is -0.104. The number of nitrogens with zero attached hydrogens (tertiary/aromatic N) is 1. The van der Waals surface area contributed by atoms with E-state index in [1.807, 2.05) is 37.4 Å². The number of nitrogens with one attached hydrogen (secondary N) is 2. The largest absolute Gasteiger partial charge is 0.352 e. The number of likely N-dealkylation sites (N-methyl/N-ethyl adjacent to an activating group) is 1. The summed E-state index contributed by atoms with van der Waals surface area (Å²) in [6, 6.07) is 14.6. The molecule has 0 aliphatic carbocycles. The SMILES string of the molecule is CCCCCC(N)N(C)C(=N)/C(Nc1ccccc1CC)=C(\C)C=O.Cc1ccccc1F. The van der Waals surface area contributed by atoms with Crippen molar-refractivity contribution in [2.24, 2.45) is 5.73 Å². The highest BCUT2D eigenvalue weighted by atomic mass is 19.1. The number of carbonyl (C=O) groups excluding carboxylic acids is 1. The number of anilines is 1. The number of nitrogens with two attached hydrogens (primary N) is 1. The number of para-hydroxylation sites is 1. The molecule has 1 unspecified atom stereocenters. The lowest BCUT2D eigenvalue weighted by Crippen LogP contribution is -2.44. The van der Waals surface area contributed by atoms with Crippen molar-refractivity contribution in [2.45, 2.75) is 66.0 Å². The van der Waals surface area contributed by atoms with Crippen LogP contribution >= 0.6 is 0 Å². The molecule has 0 amide bonds. The summed E-state index contributed by atoms with van der Waals surface area (Å²) in [5, 5.41) is 11.8. The maximum absolute atomic E-state index is 12.3. The van der Waals surface area contributed by atoms with Crippen LogP contribution in [0.25, 0.3) is 0 Å². The Bertz CT molecular complexity index is 905. The van der Waals surface area contributed by atoms with Crippen molar-refractivity contribution < 1.29 is 9.18 Å². The summed E-state index contributed by atoms with van der Waals surface area (Å²) in [6.45, 7) is 7.70. The first kappa shape index (κ1) is 28.0. The highest BCUT2D eigenvalue weighted by Crippen LogP contribution is 2.20. The fourth-order valence-corrected chi connectivity index (χ4v) is 3.18. The van der Waals surface area contributed by atoms with E-state index in [4.69, 9.17) is 11.1 Å². The van der Waals surface area contributed by atoms with Crippen LogP contribution < -0.4 is 11.1 Å². The molecule has 0 radical (unpaired) electrons. The van der Waals surface area contributed by atoms with E-state index < -0.39 is 0 Å². The van der Waals surface area contributed by atoms with E-state index in [-0.39, 0.29) is 17.8 Å². The lowest BCUT2D eigenvalue weighted by atomic mass is 10.1. The second kappa shape index (κ2) is 15.0. The van der Waals surface area contributed by atoms with Crippen molar-refractivity contribution in [3.05, 3.63) is 76.7 Å². The van der Waals surface area contributed by atoms with Crippen LogP contribution in [-0.2, 0) is 11.2 Å². The average molecular weight is 455 g/mol. The van der Waals surface area contributed by atoms with Crippen LogP contribution in [0, 0.1) is 18.2 Å². The van der Waals surface area contributed by atoms with E-state index in [2.05, 4.69) is 19.2 Å². The number of aryl methyl sites for hydroxylation is 2. The fourth-order valence-electron chi connectivity index (χ4n) is 3.18. The van der Waals surface area contributed by atoms with Crippen molar-refractivity contribution >= 4 is 17.8 Å². The summed E-state index contributed by atoms with van der Waals surface area (Å²) >= 11 is 0. The van der Waals surface area contributed by atoms with Crippen molar-refractivity contribution in [3.8, 4) is 0 Å². The van der Waals surface area contributed by atoms with Gasteiger partial charge in [0.1, 0.15) is 17.9 Å². The van der Waals surface area contributed by atoms with Gasteiger partial charge in [0, 0.05) is 18.3 Å². The number of benzene rings is 2. The summed E-state index contributed by atoms with van der Waals surface area (Å²) in [5.74, 6) is 0.104. The van der Waals surface area contributed by atoms with Gasteiger partial charge in [0.2, 0.25) is 0 Å². The predicted molar refractivity (Wildman–Crippen MR) is 137 cm³/mol. The minimum atomic E-state index is -0.239. The monoisotopic (exact) mass is 454 g/mol. The normalized spacial score (nSPS) is 12.1. The molecule has 0 fully saturated rings. The third-order valence-electron chi connectivity index (χ3n) is 5.50. The van der Waals surface area contributed by atoms with Gasteiger partial charge in [-0.25, -0.2) is 4.39 Å². The average Bonchev–Trinajstić information content (AvgIpc) is 2.83. The van der Waals surface area contributed by atoms with Crippen LogP contribution in [0.4, 0.5) is 10.1 Å². The molecule has 0 aliphatic heterocycles. The number of amidine groups is 1. The summed E-state index contributed by atoms with van der Waals surface area (Å²) in [7, 11) is 1.81. The smallest absolute Gasteiger partial charge is 0.147 e. The molecule has 6 heteroatoms. The van der Waals surface area contributed by atoms with Gasteiger partial charge < -0.3 is 16.0 Å². The molecule has 1 atom stereocenters. The molecule has 180 valence electrons.